The minimum absolute atomic E-state index is 0.332. The minimum atomic E-state index is 0.332. The molecule has 1 rings (SSSR count). The molecule has 0 amide bonds. The standard InChI is InChI=1S/C13H22ClN3/c1-6-10(4)7-17(5)13-11(9(2)3)12(14)15-8-16-13/h8-10H,6-7H2,1-5H3. The van der Waals surface area contributed by atoms with E-state index in [-0.39, 0.29) is 0 Å². The van der Waals surface area contributed by atoms with Gasteiger partial charge in [-0.2, -0.15) is 0 Å². The van der Waals surface area contributed by atoms with Crippen molar-refractivity contribution >= 4 is 17.4 Å². The SMILES string of the molecule is CCC(C)CN(C)c1ncnc(Cl)c1C(C)C. The van der Waals surface area contributed by atoms with Gasteiger partial charge in [0.25, 0.3) is 0 Å². The molecule has 0 saturated carbocycles. The van der Waals surface area contributed by atoms with Crippen LogP contribution in [0.15, 0.2) is 6.33 Å². The molecule has 1 aromatic rings. The van der Waals surface area contributed by atoms with Gasteiger partial charge < -0.3 is 4.90 Å². The molecule has 0 aromatic carbocycles. The van der Waals surface area contributed by atoms with E-state index in [1.807, 2.05) is 0 Å². The summed E-state index contributed by atoms with van der Waals surface area (Å²) in [5.41, 5.74) is 1.04. The summed E-state index contributed by atoms with van der Waals surface area (Å²) in [6.07, 6.45) is 2.71. The molecule has 17 heavy (non-hydrogen) atoms. The summed E-state index contributed by atoms with van der Waals surface area (Å²) in [7, 11) is 2.07. The van der Waals surface area contributed by atoms with Crippen molar-refractivity contribution in [3.8, 4) is 0 Å². The van der Waals surface area contributed by atoms with Crippen LogP contribution < -0.4 is 4.90 Å². The van der Waals surface area contributed by atoms with Crippen LogP contribution in [-0.4, -0.2) is 23.6 Å². The number of rotatable bonds is 5. The highest BCUT2D eigenvalue weighted by Crippen LogP contribution is 2.30. The van der Waals surface area contributed by atoms with Crippen LogP contribution in [0.3, 0.4) is 0 Å². The molecule has 4 heteroatoms. The Morgan fingerprint density at radius 3 is 2.47 bits per heavy atom. The second-order valence-corrected chi connectivity index (χ2v) is 5.31. The summed E-state index contributed by atoms with van der Waals surface area (Å²) in [6, 6.07) is 0. The predicted octanol–water partition coefficient (Wildman–Crippen LogP) is 3.74. The fraction of sp³-hybridized carbons (Fsp3) is 0.692. The Labute approximate surface area is 109 Å². The molecule has 1 atom stereocenters. The topological polar surface area (TPSA) is 29.0 Å². The van der Waals surface area contributed by atoms with Crippen LogP contribution in [0, 0.1) is 5.92 Å². The zero-order valence-electron chi connectivity index (χ0n) is 11.4. The molecule has 0 bridgehead atoms. The van der Waals surface area contributed by atoms with Crippen molar-refractivity contribution in [2.24, 2.45) is 5.92 Å². The van der Waals surface area contributed by atoms with E-state index in [0.29, 0.717) is 17.0 Å². The highest BCUT2D eigenvalue weighted by atomic mass is 35.5. The fourth-order valence-electron chi connectivity index (χ4n) is 1.85. The second-order valence-electron chi connectivity index (χ2n) is 4.95. The molecular formula is C13H22ClN3. The van der Waals surface area contributed by atoms with Gasteiger partial charge in [0.05, 0.1) is 0 Å². The first kappa shape index (κ1) is 14.2. The van der Waals surface area contributed by atoms with E-state index in [0.717, 1.165) is 17.9 Å². The van der Waals surface area contributed by atoms with Crippen LogP contribution in [0.2, 0.25) is 5.15 Å². The molecule has 0 saturated heterocycles. The molecule has 0 N–H and O–H groups in total. The summed E-state index contributed by atoms with van der Waals surface area (Å²) in [4.78, 5) is 10.6. The van der Waals surface area contributed by atoms with Crippen LogP contribution in [0.4, 0.5) is 5.82 Å². The highest BCUT2D eigenvalue weighted by Gasteiger charge is 2.17. The van der Waals surface area contributed by atoms with Gasteiger partial charge in [-0.1, -0.05) is 45.7 Å². The molecule has 0 aliphatic carbocycles. The molecule has 1 unspecified atom stereocenters. The quantitative estimate of drug-likeness (QED) is 0.751. The number of hydrogen-bond acceptors (Lipinski definition) is 3. The summed E-state index contributed by atoms with van der Waals surface area (Å²) in [5, 5.41) is 0.570. The van der Waals surface area contributed by atoms with Crippen molar-refractivity contribution in [1.29, 1.82) is 0 Å². The minimum Gasteiger partial charge on any atom is -0.359 e. The molecule has 3 nitrogen and oxygen atoms in total. The molecular weight excluding hydrogens is 234 g/mol. The summed E-state index contributed by atoms with van der Waals surface area (Å²) in [5.74, 6) is 1.94. The van der Waals surface area contributed by atoms with Crippen molar-refractivity contribution in [2.45, 2.75) is 40.0 Å². The Morgan fingerprint density at radius 2 is 1.94 bits per heavy atom. The van der Waals surface area contributed by atoms with Crippen molar-refractivity contribution in [3.05, 3.63) is 17.0 Å². The van der Waals surface area contributed by atoms with Crippen molar-refractivity contribution in [2.75, 3.05) is 18.5 Å². The predicted molar refractivity (Wildman–Crippen MR) is 73.9 cm³/mol. The summed E-state index contributed by atoms with van der Waals surface area (Å²) >= 11 is 6.16. The van der Waals surface area contributed by atoms with E-state index < -0.39 is 0 Å². The first-order chi connectivity index (χ1) is 7.97. The zero-order valence-corrected chi connectivity index (χ0v) is 12.1. The molecule has 0 fully saturated rings. The van der Waals surface area contributed by atoms with Gasteiger partial charge in [-0.15, -0.1) is 0 Å². The maximum absolute atomic E-state index is 6.16. The molecule has 0 aliphatic heterocycles. The Kier molecular flexibility index (Phi) is 5.19. The van der Waals surface area contributed by atoms with Gasteiger partial charge in [0.15, 0.2) is 0 Å². The van der Waals surface area contributed by atoms with E-state index in [4.69, 9.17) is 11.6 Å². The lowest BCUT2D eigenvalue weighted by Gasteiger charge is -2.25. The Balaban J connectivity index is 3.00. The average Bonchev–Trinajstić information content (AvgIpc) is 2.27. The molecule has 1 aromatic heterocycles. The maximum Gasteiger partial charge on any atom is 0.138 e. The van der Waals surface area contributed by atoms with Crippen molar-refractivity contribution < 1.29 is 0 Å². The van der Waals surface area contributed by atoms with Crippen molar-refractivity contribution in [1.82, 2.24) is 9.97 Å². The third-order valence-corrected chi connectivity index (χ3v) is 3.34. The van der Waals surface area contributed by atoms with Gasteiger partial charge in [0.1, 0.15) is 17.3 Å². The van der Waals surface area contributed by atoms with Gasteiger partial charge in [-0.05, 0) is 11.8 Å². The lowest BCUT2D eigenvalue weighted by Crippen LogP contribution is -2.26. The van der Waals surface area contributed by atoms with Crippen LogP contribution in [0.5, 0.6) is 0 Å². The van der Waals surface area contributed by atoms with E-state index in [2.05, 4.69) is 49.6 Å². The molecule has 0 spiro atoms. The first-order valence-corrected chi connectivity index (χ1v) is 6.56. The van der Waals surface area contributed by atoms with Gasteiger partial charge in [-0.25, -0.2) is 9.97 Å². The molecule has 0 aliphatic rings. The molecule has 0 radical (unpaired) electrons. The normalized spacial score (nSPS) is 12.9. The lowest BCUT2D eigenvalue weighted by molar-refractivity contribution is 0.556. The van der Waals surface area contributed by atoms with Gasteiger partial charge >= 0.3 is 0 Å². The zero-order chi connectivity index (χ0) is 13.0. The highest BCUT2D eigenvalue weighted by molar-refractivity contribution is 6.30. The van der Waals surface area contributed by atoms with Crippen LogP contribution >= 0.6 is 11.6 Å². The molecule has 1 heterocycles. The summed E-state index contributed by atoms with van der Waals surface area (Å²) in [6.45, 7) is 9.67. The number of hydrogen-bond donors (Lipinski definition) is 0. The third kappa shape index (κ3) is 3.56. The van der Waals surface area contributed by atoms with Crippen LogP contribution in [-0.2, 0) is 0 Å². The largest absolute Gasteiger partial charge is 0.359 e. The monoisotopic (exact) mass is 255 g/mol. The van der Waals surface area contributed by atoms with Crippen LogP contribution in [0.25, 0.3) is 0 Å². The van der Waals surface area contributed by atoms with Gasteiger partial charge in [0.2, 0.25) is 0 Å². The van der Waals surface area contributed by atoms with Gasteiger partial charge in [0, 0.05) is 19.2 Å². The van der Waals surface area contributed by atoms with Crippen LogP contribution in [0.1, 0.15) is 45.6 Å². The first-order valence-electron chi connectivity index (χ1n) is 6.18. The smallest absolute Gasteiger partial charge is 0.138 e. The van der Waals surface area contributed by atoms with Crippen molar-refractivity contribution in [3.63, 3.8) is 0 Å². The number of anilines is 1. The number of halogens is 1. The van der Waals surface area contributed by atoms with E-state index in [1.165, 1.54) is 12.7 Å². The average molecular weight is 256 g/mol. The number of nitrogens with zero attached hydrogens (tertiary/aromatic N) is 3. The summed E-state index contributed by atoms with van der Waals surface area (Å²) < 4.78 is 0. The second kappa shape index (κ2) is 6.20. The molecule has 96 valence electrons. The fourth-order valence-corrected chi connectivity index (χ4v) is 2.20. The lowest BCUT2D eigenvalue weighted by atomic mass is 10.0. The third-order valence-electron chi connectivity index (χ3n) is 3.04. The Bertz CT molecular complexity index is 366. The van der Waals surface area contributed by atoms with E-state index in [1.54, 1.807) is 0 Å². The maximum atomic E-state index is 6.16. The van der Waals surface area contributed by atoms with E-state index in [9.17, 15) is 0 Å². The van der Waals surface area contributed by atoms with E-state index >= 15 is 0 Å². The Morgan fingerprint density at radius 1 is 1.29 bits per heavy atom. The number of aromatic nitrogens is 2. The Hall–Kier alpha value is -0.830. The van der Waals surface area contributed by atoms with Gasteiger partial charge in [-0.3, -0.25) is 0 Å².